The molecule has 7 heteroatoms. The van der Waals surface area contributed by atoms with Gasteiger partial charge < -0.3 is 15.0 Å². The molecule has 0 bridgehead atoms. The summed E-state index contributed by atoms with van der Waals surface area (Å²) in [7, 11) is 0. The van der Waals surface area contributed by atoms with Crippen molar-refractivity contribution in [2.45, 2.75) is 32.2 Å². The van der Waals surface area contributed by atoms with Crippen LogP contribution in [0.5, 0.6) is 0 Å². The first-order valence-electron chi connectivity index (χ1n) is 11.6. The molecule has 3 aromatic rings. The third-order valence-electron chi connectivity index (χ3n) is 6.12. The number of ether oxygens (including phenoxy) is 1. The van der Waals surface area contributed by atoms with Crippen LogP contribution in [-0.2, 0) is 27.2 Å². The van der Waals surface area contributed by atoms with E-state index in [4.69, 9.17) is 4.74 Å². The van der Waals surface area contributed by atoms with Gasteiger partial charge >= 0.3 is 0 Å². The maximum absolute atomic E-state index is 13.4. The Morgan fingerprint density at radius 3 is 2.68 bits per heavy atom. The Balaban J connectivity index is 1.39. The van der Waals surface area contributed by atoms with Crippen molar-refractivity contribution in [1.29, 1.82) is 0 Å². The van der Waals surface area contributed by atoms with E-state index in [1.54, 1.807) is 37.1 Å². The highest BCUT2D eigenvalue weighted by atomic mass is 19.1. The van der Waals surface area contributed by atoms with Gasteiger partial charge in [-0.1, -0.05) is 30.3 Å². The second kappa shape index (κ2) is 10.3. The number of nitrogens with one attached hydrogen (secondary N) is 1. The first-order valence-corrected chi connectivity index (χ1v) is 11.6. The van der Waals surface area contributed by atoms with Gasteiger partial charge in [0.2, 0.25) is 11.8 Å². The minimum absolute atomic E-state index is 0.0835. The molecule has 0 saturated carbocycles. The number of hydrogen-bond donors (Lipinski definition) is 1. The molecule has 1 N–H and O–H groups in total. The third-order valence-corrected chi connectivity index (χ3v) is 6.12. The molecule has 1 aromatic heterocycles. The minimum atomic E-state index is -1.07. The van der Waals surface area contributed by atoms with Crippen LogP contribution in [0.2, 0.25) is 0 Å². The van der Waals surface area contributed by atoms with Crippen LogP contribution in [0.4, 0.5) is 4.39 Å². The molecule has 178 valence electrons. The zero-order chi connectivity index (χ0) is 24.1. The van der Waals surface area contributed by atoms with Crippen molar-refractivity contribution >= 4 is 22.6 Å². The van der Waals surface area contributed by atoms with Gasteiger partial charge in [0.05, 0.1) is 19.6 Å². The quantitative estimate of drug-likeness (QED) is 0.607. The molecule has 0 spiro atoms. The van der Waals surface area contributed by atoms with E-state index in [1.165, 1.54) is 17.7 Å². The largest absolute Gasteiger partial charge is 0.379 e. The average Bonchev–Trinajstić information content (AvgIpc) is 3.05. The molecule has 1 fully saturated rings. The Labute approximate surface area is 199 Å². The average molecular weight is 464 g/mol. The van der Waals surface area contributed by atoms with Gasteiger partial charge in [0.15, 0.2) is 0 Å². The van der Waals surface area contributed by atoms with Crippen LogP contribution < -0.4 is 5.32 Å². The number of aromatic nitrogens is 1. The van der Waals surface area contributed by atoms with E-state index in [0.29, 0.717) is 31.9 Å². The number of carbonyl (C=O) groups is 2. The van der Waals surface area contributed by atoms with Crippen molar-refractivity contribution in [2.75, 3.05) is 26.3 Å². The fourth-order valence-corrected chi connectivity index (χ4v) is 4.41. The van der Waals surface area contributed by atoms with Crippen molar-refractivity contribution in [3.8, 4) is 0 Å². The summed E-state index contributed by atoms with van der Waals surface area (Å²) in [5.74, 6) is -0.618. The number of benzene rings is 2. The predicted octanol–water partition coefficient (Wildman–Crippen LogP) is 3.53. The van der Waals surface area contributed by atoms with Gasteiger partial charge in [0.25, 0.3) is 0 Å². The Morgan fingerprint density at radius 1 is 1.12 bits per heavy atom. The lowest BCUT2D eigenvalue weighted by molar-refractivity contribution is -0.140. The lowest BCUT2D eigenvalue weighted by atomic mass is 9.96. The molecule has 1 aliphatic rings. The summed E-state index contributed by atoms with van der Waals surface area (Å²) in [5.41, 5.74) is 0.812. The topological polar surface area (TPSA) is 71.5 Å². The second-order valence-corrected chi connectivity index (χ2v) is 9.43. The summed E-state index contributed by atoms with van der Waals surface area (Å²) in [6, 6.07) is 14.1. The summed E-state index contributed by atoms with van der Waals surface area (Å²) in [4.78, 5) is 31.9. The van der Waals surface area contributed by atoms with Crippen LogP contribution in [0.25, 0.3) is 10.8 Å². The molecule has 1 saturated heterocycles. The standard InChI is InChI=1S/C27H30FN3O3/c1-27(2,30-25(32)15-19-4-7-24(28)8-5-19)26(33)31-11-12-34-18-21(17-31)13-20-3-6-23-16-29-10-9-22(23)14-20/h3-10,14,16,21H,11-13,15,17-18H2,1-2H3,(H,30,32). The van der Waals surface area contributed by atoms with E-state index in [2.05, 4.69) is 28.5 Å². The summed E-state index contributed by atoms with van der Waals surface area (Å²) in [5, 5.41) is 5.09. The van der Waals surface area contributed by atoms with Crippen LogP contribution in [0, 0.1) is 11.7 Å². The highest BCUT2D eigenvalue weighted by Crippen LogP contribution is 2.20. The Kier molecular flexibility index (Phi) is 7.22. The SMILES string of the molecule is CC(C)(NC(=O)Cc1ccc(F)cc1)C(=O)N1CCOCC(Cc2ccc3cnccc3c2)C1. The number of pyridine rings is 1. The molecule has 6 nitrogen and oxygen atoms in total. The Bertz CT molecular complexity index is 1160. The van der Waals surface area contributed by atoms with E-state index in [1.807, 2.05) is 12.3 Å². The number of nitrogens with zero attached hydrogens (tertiary/aromatic N) is 2. The summed E-state index contributed by atoms with van der Waals surface area (Å²) in [6.07, 6.45) is 4.51. The van der Waals surface area contributed by atoms with Crippen molar-refractivity contribution in [1.82, 2.24) is 15.2 Å². The van der Waals surface area contributed by atoms with Gasteiger partial charge in [0, 0.05) is 36.8 Å². The zero-order valence-corrected chi connectivity index (χ0v) is 19.6. The highest BCUT2D eigenvalue weighted by Gasteiger charge is 2.35. The Morgan fingerprint density at radius 2 is 1.88 bits per heavy atom. The van der Waals surface area contributed by atoms with E-state index in [9.17, 15) is 14.0 Å². The second-order valence-electron chi connectivity index (χ2n) is 9.43. The molecule has 1 aliphatic heterocycles. The van der Waals surface area contributed by atoms with Crippen LogP contribution >= 0.6 is 0 Å². The minimum Gasteiger partial charge on any atom is -0.379 e. The smallest absolute Gasteiger partial charge is 0.247 e. The molecular weight excluding hydrogens is 433 g/mol. The first kappa shape index (κ1) is 23.8. The first-order chi connectivity index (χ1) is 16.3. The zero-order valence-electron chi connectivity index (χ0n) is 19.6. The van der Waals surface area contributed by atoms with Crippen LogP contribution in [0.1, 0.15) is 25.0 Å². The molecule has 2 aromatic carbocycles. The van der Waals surface area contributed by atoms with Gasteiger partial charge in [0.1, 0.15) is 11.4 Å². The molecule has 2 amide bonds. The summed E-state index contributed by atoms with van der Waals surface area (Å²) < 4.78 is 18.9. The van der Waals surface area contributed by atoms with E-state index in [0.717, 1.165) is 17.2 Å². The van der Waals surface area contributed by atoms with Crippen molar-refractivity contribution in [2.24, 2.45) is 5.92 Å². The summed E-state index contributed by atoms with van der Waals surface area (Å²) >= 11 is 0. The number of carbonyl (C=O) groups excluding carboxylic acids is 2. The lowest BCUT2D eigenvalue weighted by Gasteiger charge is -2.33. The number of amides is 2. The van der Waals surface area contributed by atoms with Crippen LogP contribution in [0.3, 0.4) is 0 Å². The molecule has 34 heavy (non-hydrogen) atoms. The maximum atomic E-state index is 13.4. The van der Waals surface area contributed by atoms with Crippen molar-refractivity contribution < 1.29 is 18.7 Å². The fourth-order valence-electron chi connectivity index (χ4n) is 4.41. The third kappa shape index (κ3) is 5.97. The van der Waals surface area contributed by atoms with Gasteiger partial charge in [-0.15, -0.1) is 0 Å². The number of hydrogen-bond acceptors (Lipinski definition) is 4. The fraction of sp³-hybridized carbons (Fsp3) is 0.370. The van der Waals surface area contributed by atoms with Crippen LogP contribution in [-0.4, -0.2) is 53.5 Å². The number of halogens is 1. The molecule has 0 radical (unpaired) electrons. The monoisotopic (exact) mass is 463 g/mol. The van der Waals surface area contributed by atoms with Crippen LogP contribution in [0.15, 0.2) is 60.9 Å². The lowest BCUT2D eigenvalue weighted by Crippen LogP contribution is -2.57. The molecule has 1 atom stereocenters. The van der Waals surface area contributed by atoms with E-state index < -0.39 is 5.54 Å². The van der Waals surface area contributed by atoms with Gasteiger partial charge in [-0.05, 0) is 55.0 Å². The number of rotatable bonds is 6. The predicted molar refractivity (Wildman–Crippen MR) is 129 cm³/mol. The molecule has 1 unspecified atom stereocenters. The van der Waals surface area contributed by atoms with Gasteiger partial charge in [-0.25, -0.2) is 4.39 Å². The molecular formula is C27H30FN3O3. The molecule has 0 aliphatic carbocycles. The van der Waals surface area contributed by atoms with Gasteiger partial charge in [-0.3, -0.25) is 14.6 Å². The maximum Gasteiger partial charge on any atom is 0.247 e. The molecule has 2 heterocycles. The number of fused-ring (bicyclic) bond motifs is 1. The Hall–Kier alpha value is -3.32. The van der Waals surface area contributed by atoms with Crippen molar-refractivity contribution in [3.05, 3.63) is 77.9 Å². The van der Waals surface area contributed by atoms with Gasteiger partial charge in [-0.2, -0.15) is 0 Å². The van der Waals surface area contributed by atoms with Crippen molar-refractivity contribution in [3.63, 3.8) is 0 Å². The molecule has 4 rings (SSSR count). The van der Waals surface area contributed by atoms with E-state index >= 15 is 0 Å². The normalized spacial score (nSPS) is 16.8. The summed E-state index contributed by atoms with van der Waals surface area (Å²) in [6.45, 7) is 5.52. The highest BCUT2D eigenvalue weighted by molar-refractivity contribution is 5.91. The van der Waals surface area contributed by atoms with E-state index in [-0.39, 0.29) is 30.0 Å².